The Morgan fingerprint density at radius 2 is 1.95 bits per heavy atom. The second-order valence-corrected chi connectivity index (χ2v) is 5.83. The van der Waals surface area contributed by atoms with Crippen molar-refractivity contribution in [3.63, 3.8) is 0 Å². The number of halogens is 1. The van der Waals surface area contributed by atoms with Crippen molar-refractivity contribution >= 4 is 22.0 Å². The second-order valence-electron chi connectivity index (χ2n) is 4.91. The lowest BCUT2D eigenvalue weighted by atomic mass is 9.93. The summed E-state index contributed by atoms with van der Waals surface area (Å²) in [6, 6.07) is 7.48. The molecule has 2 amide bonds. The monoisotopic (exact) mass is 326 g/mol. The van der Waals surface area contributed by atoms with Crippen molar-refractivity contribution < 1.29 is 9.90 Å². The van der Waals surface area contributed by atoms with Gasteiger partial charge in [0.15, 0.2) is 0 Å². The molecule has 5 heteroatoms. The van der Waals surface area contributed by atoms with Crippen LogP contribution in [0.15, 0.2) is 28.7 Å². The molecular formula is C14H19BrN2O2. The van der Waals surface area contributed by atoms with E-state index in [-0.39, 0.29) is 12.1 Å². The standard InChI is InChI=1S/C14H19BrN2O2/c15-11-7-5-10(6-8-11)9-16-14(19)17-12-3-1-2-4-13(12)18/h5-8,12-13,18H,1-4,9H2,(H2,16,17,19). The number of hydrogen-bond acceptors (Lipinski definition) is 2. The zero-order valence-electron chi connectivity index (χ0n) is 10.7. The molecule has 0 aliphatic heterocycles. The van der Waals surface area contributed by atoms with Crippen LogP contribution in [0.2, 0.25) is 0 Å². The van der Waals surface area contributed by atoms with E-state index >= 15 is 0 Å². The number of hydrogen-bond donors (Lipinski definition) is 3. The summed E-state index contributed by atoms with van der Waals surface area (Å²) < 4.78 is 1.02. The summed E-state index contributed by atoms with van der Waals surface area (Å²) in [5, 5.41) is 15.4. The molecule has 0 spiro atoms. The highest BCUT2D eigenvalue weighted by atomic mass is 79.9. The maximum atomic E-state index is 11.8. The Labute approximate surface area is 121 Å². The number of rotatable bonds is 3. The van der Waals surface area contributed by atoms with Gasteiger partial charge in [-0.1, -0.05) is 40.9 Å². The molecule has 1 aliphatic carbocycles. The van der Waals surface area contributed by atoms with E-state index in [9.17, 15) is 9.90 Å². The number of aliphatic hydroxyl groups excluding tert-OH is 1. The molecule has 3 N–H and O–H groups in total. The van der Waals surface area contributed by atoms with Crippen LogP contribution < -0.4 is 10.6 Å². The Hall–Kier alpha value is -1.07. The zero-order valence-corrected chi connectivity index (χ0v) is 12.3. The fourth-order valence-corrected chi connectivity index (χ4v) is 2.55. The van der Waals surface area contributed by atoms with E-state index in [0.29, 0.717) is 6.54 Å². The quantitative estimate of drug-likeness (QED) is 0.799. The average molecular weight is 327 g/mol. The summed E-state index contributed by atoms with van der Waals surface area (Å²) in [7, 11) is 0. The summed E-state index contributed by atoms with van der Waals surface area (Å²) in [4.78, 5) is 11.8. The Bertz CT molecular complexity index is 422. The molecule has 0 aromatic heterocycles. The summed E-state index contributed by atoms with van der Waals surface area (Å²) >= 11 is 3.37. The Kier molecular flexibility index (Phi) is 5.22. The summed E-state index contributed by atoms with van der Waals surface area (Å²) in [5.41, 5.74) is 1.04. The highest BCUT2D eigenvalue weighted by molar-refractivity contribution is 9.10. The molecule has 104 valence electrons. The number of carbonyl (C=O) groups is 1. The molecule has 0 saturated heterocycles. The molecule has 1 aliphatic rings. The fraction of sp³-hybridized carbons (Fsp3) is 0.500. The van der Waals surface area contributed by atoms with Crippen LogP contribution in [-0.4, -0.2) is 23.3 Å². The number of urea groups is 1. The van der Waals surface area contributed by atoms with Gasteiger partial charge in [-0.15, -0.1) is 0 Å². The van der Waals surface area contributed by atoms with Gasteiger partial charge in [0, 0.05) is 11.0 Å². The van der Waals surface area contributed by atoms with Crippen molar-refractivity contribution in [3.8, 4) is 0 Å². The summed E-state index contributed by atoms with van der Waals surface area (Å²) in [5.74, 6) is 0. The normalized spacial score (nSPS) is 22.8. The maximum Gasteiger partial charge on any atom is 0.315 e. The van der Waals surface area contributed by atoms with Crippen molar-refractivity contribution in [1.82, 2.24) is 10.6 Å². The molecule has 1 aromatic rings. The van der Waals surface area contributed by atoms with Crippen LogP contribution in [0.1, 0.15) is 31.2 Å². The molecule has 1 aromatic carbocycles. The lowest BCUT2D eigenvalue weighted by Crippen LogP contribution is -2.48. The molecule has 1 fully saturated rings. The van der Waals surface area contributed by atoms with Gasteiger partial charge in [-0.3, -0.25) is 0 Å². The number of aliphatic hydroxyl groups is 1. The smallest absolute Gasteiger partial charge is 0.315 e. The average Bonchev–Trinajstić information content (AvgIpc) is 2.41. The molecule has 0 bridgehead atoms. The van der Waals surface area contributed by atoms with Crippen LogP contribution in [0.3, 0.4) is 0 Å². The fourth-order valence-electron chi connectivity index (χ4n) is 2.28. The highest BCUT2D eigenvalue weighted by Crippen LogP contribution is 2.18. The second kappa shape index (κ2) is 6.91. The predicted octanol–water partition coefficient (Wildman–Crippen LogP) is 2.55. The Balaban J connectivity index is 1.76. The van der Waals surface area contributed by atoms with Crippen LogP contribution in [0.4, 0.5) is 4.79 Å². The van der Waals surface area contributed by atoms with Gasteiger partial charge >= 0.3 is 6.03 Å². The SMILES string of the molecule is O=C(NCc1ccc(Br)cc1)NC1CCCCC1O. The molecule has 2 unspecified atom stereocenters. The minimum atomic E-state index is -0.410. The zero-order chi connectivity index (χ0) is 13.7. The van der Waals surface area contributed by atoms with Crippen molar-refractivity contribution in [2.24, 2.45) is 0 Å². The van der Waals surface area contributed by atoms with Crippen LogP contribution >= 0.6 is 15.9 Å². The Morgan fingerprint density at radius 3 is 2.63 bits per heavy atom. The maximum absolute atomic E-state index is 11.8. The van der Waals surface area contributed by atoms with Gasteiger partial charge in [-0.2, -0.15) is 0 Å². The van der Waals surface area contributed by atoms with E-state index in [2.05, 4.69) is 26.6 Å². The van der Waals surface area contributed by atoms with Crippen LogP contribution in [0.5, 0.6) is 0 Å². The van der Waals surface area contributed by atoms with Gasteiger partial charge in [0.1, 0.15) is 0 Å². The molecule has 4 nitrogen and oxygen atoms in total. The van der Waals surface area contributed by atoms with Gasteiger partial charge in [0.2, 0.25) is 0 Å². The first-order valence-electron chi connectivity index (χ1n) is 6.62. The van der Waals surface area contributed by atoms with Gasteiger partial charge in [-0.25, -0.2) is 4.79 Å². The van der Waals surface area contributed by atoms with E-state index in [4.69, 9.17) is 0 Å². The lowest BCUT2D eigenvalue weighted by Gasteiger charge is -2.28. The molecular weight excluding hydrogens is 308 g/mol. The molecule has 19 heavy (non-hydrogen) atoms. The van der Waals surface area contributed by atoms with Gasteiger partial charge < -0.3 is 15.7 Å². The van der Waals surface area contributed by atoms with Crippen molar-refractivity contribution in [2.45, 2.75) is 44.4 Å². The summed E-state index contributed by atoms with van der Waals surface area (Å²) in [6.45, 7) is 0.488. The van der Waals surface area contributed by atoms with E-state index in [1.165, 1.54) is 0 Å². The molecule has 1 saturated carbocycles. The third kappa shape index (κ3) is 4.51. The first kappa shape index (κ1) is 14.3. The first-order chi connectivity index (χ1) is 9.15. The van der Waals surface area contributed by atoms with Gasteiger partial charge in [0.05, 0.1) is 12.1 Å². The first-order valence-corrected chi connectivity index (χ1v) is 7.41. The largest absolute Gasteiger partial charge is 0.391 e. The van der Waals surface area contributed by atoms with E-state index < -0.39 is 6.10 Å². The summed E-state index contributed by atoms with van der Waals surface area (Å²) in [6.07, 6.45) is 3.33. The molecule has 0 heterocycles. The van der Waals surface area contributed by atoms with Crippen molar-refractivity contribution in [1.29, 1.82) is 0 Å². The lowest BCUT2D eigenvalue weighted by molar-refractivity contribution is 0.0943. The number of benzene rings is 1. The van der Waals surface area contributed by atoms with Crippen LogP contribution in [0.25, 0.3) is 0 Å². The van der Waals surface area contributed by atoms with Crippen LogP contribution in [-0.2, 0) is 6.54 Å². The third-order valence-corrected chi connectivity index (χ3v) is 3.94. The molecule has 2 atom stereocenters. The van der Waals surface area contributed by atoms with Gasteiger partial charge in [-0.05, 0) is 30.5 Å². The number of carbonyl (C=O) groups excluding carboxylic acids is 1. The number of nitrogens with one attached hydrogen (secondary N) is 2. The molecule has 2 rings (SSSR count). The predicted molar refractivity (Wildman–Crippen MR) is 77.8 cm³/mol. The van der Waals surface area contributed by atoms with E-state index in [0.717, 1.165) is 35.7 Å². The van der Waals surface area contributed by atoms with Crippen molar-refractivity contribution in [3.05, 3.63) is 34.3 Å². The van der Waals surface area contributed by atoms with E-state index in [1.807, 2.05) is 24.3 Å². The topological polar surface area (TPSA) is 61.4 Å². The minimum Gasteiger partial charge on any atom is -0.391 e. The van der Waals surface area contributed by atoms with E-state index in [1.54, 1.807) is 0 Å². The Morgan fingerprint density at radius 1 is 1.26 bits per heavy atom. The highest BCUT2D eigenvalue weighted by Gasteiger charge is 2.24. The van der Waals surface area contributed by atoms with Gasteiger partial charge in [0.25, 0.3) is 0 Å². The van der Waals surface area contributed by atoms with Crippen molar-refractivity contribution in [2.75, 3.05) is 0 Å². The molecule has 0 radical (unpaired) electrons. The van der Waals surface area contributed by atoms with Crippen LogP contribution in [0, 0.1) is 0 Å². The third-order valence-electron chi connectivity index (χ3n) is 3.41. The minimum absolute atomic E-state index is 0.112. The number of amides is 2.